The molecule has 0 amide bonds. The molecule has 0 bridgehead atoms. The lowest BCUT2D eigenvalue weighted by Gasteiger charge is -2.16. The summed E-state index contributed by atoms with van der Waals surface area (Å²) in [7, 11) is 0. The van der Waals surface area contributed by atoms with E-state index in [1.807, 2.05) is 6.07 Å². The first-order chi connectivity index (χ1) is 9.45. The maximum atomic E-state index is 13.6. The van der Waals surface area contributed by atoms with Crippen LogP contribution in [0.1, 0.15) is 30.3 Å². The highest BCUT2D eigenvalue weighted by Gasteiger charge is 2.49. The summed E-state index contributed by atoms with van der Waals surface area (Å²) in [6.45, 7) is 0. The van der Waals surface area contributed by atoms with Crippen LogP contribution in [0, 0.1) is 11.3 Å². The summed E-state index contributed by atoms with van der Waals surface area (Å²) in [5.41, 5.74) is 0.762. The Morgan fingerprint density at radius 1 is 1.35 bits per heavy atom. The molecule has 1 heterocycles. The molecule has 1 fully saturated rings. The van der Waals surface area contributed by atoms with Crippen LogP contribution < -0.4 is 0 Å². The Kier molecular flexibility index (Phi) is 2.71. The number of rotatable bonds is 3. The number of benzene rings is 1. The maximum absolute atomic E-state index is 13.6. The second-order valence-electron chi connectivity index (χ2n) is 4.78. The molecule has 1 aliphatic carbocycles. The molecule has 0 unspecified atom stereocenters. The van der Waals surface area contributed by atoms with Gasteiger partial charge < -0.3 is 4.57 Å². The van der Waals surface area contributed by atoms with E-state index in [0.29, 0.717) is 18.4 Å². The van der Waals surface area contributed by atoms with Gasteiger partial charge >= 0.3 is 12.3 Å². The SMILES string of the molecule is N#Cc1ccc2c(c1)nc(C(F)(F)C(F)F)n2C1CC1. The molecule has 1 aliphatic rings. The third kappa shape index (κ3) is 1.83. The molecule has 0 radical (unpaired) electrons. The number of fused-ring (bicyclic) bond motifs is 1. The first-order valence-corrected chi connectivity index (χ1v) is 6.03. The van der Waals surface area contributed by atoms with Gasteiger partial charge in [-0.15, -0.1) is 0 Å². The number of imidazole rings is 1. The Labute approximate surface area is 111 Å². The lowest BCUT2D eigenvalue weighted by Crippen LogP contribution is -2.27. The van der Waals surface area contributed by atoms with Gasteiger partial charge in [0, 0.05) is 6.04 Å². The summed E-state index contributed by atoms with van der Waals surface area (Å²) in [6.07, 6.45) is -2.48. The van der Waals surface area contributed by atoms with Gasteiger partial charge in [0.15, 0.2) is 5.82 Å². The van der Waals surface area contributed by atoms with Crippen LogP contribution in [-0.4, -0.2) is 16.0 Å². The third-order valence-electron chi connectivity index (χ3n) is 3.30. The number of halogens is 4. The van der Waals surface area contributed by atoms with Crippen LogP contribution in [0.4, 0.5) is 17.6 Å². The summed E-state index contributed by atoms with van der Waals surface area (Å²) < 4.78 is 53.6. The lowest BCUT2D eigenvalue weighted by atomic mass is 10.2. The van der Waals surface area contributed by atoms with E-state index in [1.54, 1.807) is 0 Å². The number of hydrogen-bond acceptors (Lipinski definition) is 2. The number of hydrogen-bond donors (Lipinski definition) is 0. The van der Waals surface area contributed by atoms with Crippen LogP contribution in [0.3, 0.4) is 0 Å². The first-order valence-electron chi connectivity index (χ1n) is 6.03. The number of aromatic nitrogens is 2. The van der Waals surface area contributed by atoms with Gasteiger partial charge in [0.2, 0.25) is 0 Å². The molecule has 3 nitrogen and oxygen atoms in total. The smallest absolute Gasteiger partial charge is 0.320 e. The quantitative estimate of drug-likeness (QED) is 0.808. The molecule has 1 saturated carbocycles. The van der Waals surface area contributed by atoms with Crippen LogP contribution in [0.2, 0.25) is 0 Å². The predicted octanol–water partition coefficient (Wildman–Crippen LogP) is 3.60. The molecule has 3 rings (SSSR count). The van der Waals surface area contributed by atoms with E-state index in [1.165, 1.54) is 22.8 Å². The van der Waals surface area contributed by atoms with Crippen molar-refractivity contribution in [1.82, 2.24) is 9.55 Å². The normalized spacial score (nSPS) is 15.8. The lowest BCUT2D eigenvalue weighted by molar-refractivity contribution is -0.142. The zero-order valence-electron chi connectivity index (χ0n) is 10.2. The average molecular weight is 283 g/mol. The van der Waals surface area contributed by atoms with Crippen molar-refractivity contribution in [3.05, 3.63) is 29.6 Å². The van der Waals surface area contributed by atoms with Crippen molar-refractivity contribution in [3.63, 3.8) is 0 Å². The van der Waals surface area contributed by atoms with Gasteiger partial charge in [-0.05, 0) is 31.0 Å². The van der Waals surface area contributed by atoms with E-state index >= 15 is 0 Å². The first kappa shape index (κ1) is 12.9. The number of nitrogens with zero attached hydrogens (tertiary/aromatic N) is 3. The van der Waals surface area contributed by atoms with Gasteiger partial charge in [-0.1, -0.05) is 0 Å². The Bertz CT molecular complexity index is 710. The number of alkyl halides is 4. The van der Waals surface area contributed by atoms with Gasteiger partial charge in [0.05, 0.1) is 22.7 Å². The molecule has 7 heteroatoms. The molecule has 0 N–H and O–H groups in total. The highest BCUT2D eigenvalue weighted by molar-refractivity contribution is 5.78. The van der Waals surface area contributed by atoms with E-state index < -0.39 is 18.2 Å². The fraction of sp³-hybridized carbons (Fsp3) is 0.385. The molecule has 0 saturated heterocycles. The summed E-state index contributed by atoms with van der Waals surface area (Å²) in [6, 6.07) is 5.93. The highest BCUT2D eigenvalue weighted by Crippen LogP contribution is 2.44. The van der Waals surface area contributed by atoms with Crippen LogP contribution in [0.5, 0.6) is 0 Å². The van der Waals surface area contributed by atoms with Gasteiger partial charge in [0.25, 0.3) is 0 Å². The molecular weight excluding hydrogens is 274 g/mol. The molecule has 104 valence electrons. The molecule has 0 aliphatic heterocycles. The highest BCUT2D eigenvalue weighted by atomic mass is 19.3. The minimum atomic E-state index is -4.30. The fourth-order valence-electron chi connectivity index (χ4n) is 2.20. The summed E-state index contributed by atoms with van der Waals surface area (Å²) in [4.78, 5) is 3.66. The third-order valence-corrected chi connectivity index (χ3v) is 3.30. The maximum Gasteiger partial charge on any atom is 0.364 e. The van der Waals surface area contributed by atoms with E-state index in [2.05, 4.69) is 4.98 Å². The van der Waals surface area contributed by atoms with Gasteiger partial charge in [-0.2, -0.15) is 14.0 Å². The van der Waals surface area contributed by atoms with Gasteiger partial charge in [-0.25, -0.2) is 13.8 Å². The van der Waals surface area contributed by atoms with Crippen molar-refractivity contribution in [2.75, 3.05) is 0 Å². The zero-order valence-corrected chi connectivity index (χ0v) is 10.2. The topological polar surface area (TPSA) is 41.6 Å². The van der Waals surface area contributed by atoms with Crippen molar-refractivity contribution < 1.29 is 17.6 Å². The standard InChI is InChI=1S/C13H9F4N3/c14-11(15)13(16,17)12-19-9-5-7(6-18)1-4-10(9)20(12)8-2-3-8/h1,4-5,8,11H,2-3H2. The Morgan fingerprint density at radius 2 is 2.05 bits per heavy atom. The van der Waals surface area contributed by atoms with E-state index in [4.69, 9.17) is 5.26 Å². The molecule has 2 aromatic rings. The molecule has 1 aromatic carbocycles. The summed E-state index contributed by atoms with van der Waals surface area (Å²) >= 11 is 0. The van der Waals surface area contributed by atoms with Crippen LogP contribution in [0.15, 0.2) is 18.2 Å². The summed E-state index contributed by atoms with van der Waals surface area (Å²) in [5.74, 6) is -5.21. The van der Waals surface area contributed by atoms with Crippen molar-refractivity contribution in [2.45, 2.75) is 31.2 Å². The van der Waals surface area contributed by atoms with Crippen molar-refractivity contribution >= 4 is 11.0 Å². The predicted molar refractivity (Wildman–Crippen MR) is 62.6 cm³/mol. The minimum absolute atomic E-state index is 0.145. The largest absolute Gasteiger partial charge is 0.364 e. The average Bonchev–Trinajstić information content (AvgIpc) is 3.17. The molecule has 20 heavy (non-hydrogen) atoms. The Morgan fingerprint density at radius 3 is 2.60 bits per heavy atom. The van der Waals surface area contributed by atoms with Crippen LogP contribution in [0.25, 0.3) is 11.0 Å². The Hall–Kier alpha value is -2.10. The molecule has 0 atom stereocenters. The molecular formula is C13H9F4N3. The van der Waals surface area contributed by atoms with Crippen LogP contribution >= 0.6 is 0 Å². The molecule has 1 aromatic heterocycles. The molecule has 0 spiro atoms. The van der Waals surface area contributed by atoms with E-state index in [9.17, 15) is 17.6 Å². The number of nitriles is 1. The fourth-order valence-corrected chi connectivity index (χ4v) is 2.20. The van der Waals surface area contributed by atoms with Crippen molar-refractivity contribution in [2.24, 2.45) is 0 Å². The van der Waals surface area contributed by atoms with Gasteiger partial charge in [0.1, 0.15) is 0 Å². The Balaban J connectivity index is 2.26. The van der Waals surface area contributed by atoms with E-state index in [0.717, 1.165) is 0 Å². The monoisotopic (exact) mass is 283 g/mol. The minimum Gasteiger partial charge on any atom is -0.320 e. The van der Waals surface area contributed by atoms with Gasteiger partial charge in [-0.3, -0.25) is 0 Å². The summed E-state index contributed by atoms with van der Waals surface area (Å²) in [5, 5.41) is 8.79. The van der Waals surface area contributed by atoms with Crippen LogP contribution in [-0.2, 0) is 5.92 Å². The second-order valence-corrected chi connectivity index (χ2v) is 4.78. The second kappa shape index (κ2) is 4.20. The van der Waals surface area contributed by atoms with E-state index in [-0.39, 0.29) is 17.1 Å². The zero-order chi connectivity index (χ0) is 14.5. The van der Waals surface area contributed by atoms with Crippen molar-refractivity contribution in [1.29, 1.82) is 5.26 Å². The van der Waals surface area contributed by atoms with Crippen molar-refractivity contribution in [3.8, 4) is 6.07 Å².